The monoisotopic (exact) mass is 340 g/mol. The van der Waals surface area contributed by atoms with Crippen LogP contribution >= 0.6 is 15.9 Å². The van der Waals surface area contributed by atoms with Crippen LogP contribution in [0.3, 0.4) is 0 Å². The van der Waals surface area contributed by atoms with Crippen LogP contribution in [0.1, 0.15) is 25.3 Å². The predicted octanol–water partition coefficient (Wildman–Crippen LogP) is 4.70. The van der Waals surface area contributed by atoms with Gasteiger partial charge in [0.2, 0.25) is 0 Å². The first-order chi connectivity index (χ1) is 8.96. The van der Waals surface area contributed by atoms with Gasteiger partial charge in [0.05, 0.1) is 13.2 Å². The van der Waals surface area contributed by atoms with Crippen molar-refractivity contribution in [3.05, 3.63) is 23.8 Å². The van der Waals surface area contributed by atoms with Crippen molar-refractivity contribution in [2.24, 2.45) is 0 Å². The highest BCUT2D eigenvalue weighted by Gasteiger charge is 2.26. The van der Waals surface area contributed by atoms with E-state index in [1.807, 2.05) is 19.1 Å². The van der Waals surface area contributed by atoms with E-state index in [1.54, 1.807) is 6.07 Å². The third-order valence-corrected chi connectivity index (χ3v) is 2.97. The van der Waals surface area contributed by atoms with Crippen LogP contribution in [0.15, 0.2) is 18.2 Å². The van der Waals surface area contributed by atoms with Crippen LogP contribution in [0.4, 0.5) is 13.2 Å². The Hall–Kier alpha value is -0.910. The number of hydrogen-bond acceptors (Lipinski definition) is 2. The molecule has 0 saturated carbocycles. The van der Waals surface area contributed by atoms with Gasteiger partial charge in [-0.1, -0.05) is 22.0 Å². The molecule has 0 unspecified atom stereocenters. The van der Waals surface area contributed by atoms with Crippen LogP contribution < -0.4 is 9.47 Å². The molecule has 0 aromatic heterocycles. The molecule has 0 heterocycles. The molecule has 0 N–H and O–H groups in total. The summed E-state index contributed by atoms with van der Waals surface area (Å²) in [5.41, 5.74) is 1.02. The lowest BCUT2D eigenvalue weighted by Gasteiger charge is -2.13. The van der Waals surface area contributed by atoms with Crippen LogP contribution in [-0.4, -0.2) is 19.4 Å². The van der Waals surface area contributed by atoms with Crippen molar-refractivity contribution in [2.75, 3.05) is 13.2 Å². The van der Waals surface area contributed by atoms with Gasteiger partial charge in [0.25, 0.3) is 0 Å². The summed E-state index contributed by atoms with van der Waals surface area (Å²) in [6.45, 7) is 2.34. The fraction of sp³-hybridized carbons (Fsp3) is 0.538. The summed E-state index contributed by atoms with van der Waals surface area (Å²) in [5, 5.41) is 0.682. The van der Waals surface area contributed by atoms with E-state index in [0.717, 1.165) is 5.56 Å². The first-order valence-electron chi connectivity index (χ1n) is 5.97. The topological polar surface area (TPSA) is 18.5 Å². The second-order valence-electron chi connectivity index (χ2n) is 3.91. The van der Waals surface area contributed by atoms with Gasteiger partial charge < -0.3 is 9.47 Å². The van der Waals surface area contributed by atoms with E-state index in [4.69, 9.17) is 9.47 Å². The van der Waals surface area contributed by atoms with Crippen LogP contribution in [-0.2, 0) is 5.33 Å². The molecule has 6 heteroatoms. The molecule has 2 nitrogen and oxygen atoms in total. The maximum atomic E-state index is 12.0. The minimum Gasteiger partial charge on any atom is -0.490 e. The van der Waals surface area contributed by atoms with E-state index < -0.39 is 12.6 Å². The maximum absolute atomic E-state index is 12.0. The van der Waals surface area contributed by atoms with E-state index in [-0.39, 0.29) is 13.0 Å². The molecule has 1 aromatic rings. The highest BCUT2D eigenvalue weighted by Crippen LogP contribution is 2.30. The summed E-state index contributed by atoms with van der Waals surface area (Å²) in [6, 6.07) is 5.38. The molecule has 0 radical (unpaired) electrons. The van der Waals surface area contributed by atoms with Crippen molar-refractivity contribution >= 4 is 15.9 Å². The Labute approximate surface area is 119 Å². The summed E-state index contributed by atoms with van der Waals surface area (Å²) in [6.07, 6.45) is -5.03. The average molecular weight is 341 g/mol. The van der Waals surface area contributed by atoms with Gasteiger partial charge >= 0.3 is 6.18 Å². The minimum absolute atomic E-state index is 0.0211. The van der Waals surface area contributed by atoms with Gasteiger partial charge in [-0.2, -0.15) is 13.2 Å². The summed E-state index contributed by atoms with van der Waals surface area (Å²) in [4.78, 5) is 0. The molecule has 0 fully saturated rings. The number of benzene rings is 1. The van der Waals surface area contributed by atoms with Gasteiger partial charge in [0.15, 0.2) is 11.5 Å². The first kappa shape index (κ1) is 16.1. The normalized spacial score (nSPS) is 11.4. The van der Waals surface area contributed by atoms with Crippen molar-refractivity contribution in [3.63, 3.8) is 0 Å². The Morgan fingerprint density at radius 2 is 1.89 bits per heavy atom. The second-order valence-corrected chi connectivity index (χ2v) is 4.48. The third kappa shape index (κ3) is 6.18. The maximum Gasteiger partial charge on any atom is 0.389 e. The summed E-state index contributed by atoms with van der Waals surface area (Å²) in [7, 11) is 0. The summed E-state index contributed by atoms with van der Waals surface area (Å²) >= 11 is 3.33. The van der Waals surface area contributed by atoms with E-state index in [1.165, 1.54) is 0 Å². The number of rotatable bonds is 7. The molecule has 108 valence electrons. The van der Waals surface area contributed by atoms with E-state index in [0.29, 0.717) is 23.4 Å². The summed E-state index contributed by atoms with van der Waals surface area (Å²) in [5.74, 6) is 1.04. The molecule has 0 aliphatic carbocycles. The standard InChI is InChI=1S/C13H16BrF3O2/c1-2-18-12-8-10(9-14)4-5-11(12)19-7-3-6-13(15,16)17/h4-5,8H,2-3,6-7,9H2,1H3. The molecule has 0 aliphatic heterocycles. The van der Waals surface area contributed by atoms with Gasteiger partial charge in [-0.3, -0.25) is 0 Å². The Bertz CT molecular complexity index is 394. The lowest BCUT2D eigenvalue weighted by atomic mass is 10.2. The second kappa shape index (κ2) is 7.62. The SMILES string of the molecule is CCOc1cc(CBr)ccc1OCCCC(F)(F)F. The van der Waals surface area contributed by atoms with Crippen molar-refractivity contribution in [1.82, 2.24) is 0 Å². The highest BCUT2D eigenvalue weighted by molar-refractivity contribution is 9.08. The predicted molar refractivity (Wildman–Crippen MR) is 71.0 cm³/mol. The van der Waals surface area contributed by atoms with Gasteiger partial charge in [-0.15, -0.1) is 0 Å². The molecule has 0 bridgehead atoms. The molecule has 19 heavy (non-hydrogen) atoms. The summed E-state index contributed by atoms with van der Waals surface area (Å²) < 4.78 is 46.7. The number of hydrogen-bond donors (Lipinski definition) is 0. The number of alkyl halides is 4. The molecule has 0 atom stereocenters. The van der Waals surface area contributed by atoms with Crippen LogP contribution in [0.2, 0.25) is 0 Å². The van der Waals surface area contributed by atoms with Gasteiger partial charge in [0, 0.05) is 11.8 Å². The lowest BCUT2D eigenvalue weighted by molar-refractivity contribution is -0.136. The zero-order chi connectivity index (χ0) is 14.3. The smallest absolute Gasteiger partial charge is 0.389 e. The molecule has 1 rings (SSSR count). The third-order valence-electron chi connectivity index (χ3n) is 2.32. The van der Waals surface area contributed by atoms with Crippen LogP contribution in [0.25, 0.3) is 0 Å². The molecular weight excluding hydrogens is 325 g/mol. The Kier molecular flexibility index (Phi) is 6.48. The number of ether oxygens (including phenoxy) is 2. The van der Waals surface area contributed by atoms with Crippen LogP contribution in [0, 0.1) is 0 Å². The molecule has 0 amide bonds. The van der Waals surface area contributed by atoms with E-state index >= 15 is 0 Å². The van der Waals surface area contributed by atoms with Crippen molar-refractivity contribution in [1.29, 1.82) is 0 Å². The fourth-order valence-electron chi connectivity index (χ4n) is 1.48. The lowest BCUT2D eigenvalue weighted by Crippen LogP contribution is -2.10. The van der Waals surface area contributed by atoms with Crippen molar-refractivity contribution in [3.8, 4) is 11.5 Å². The molecule has 1 aromatic carbocycles. The van der Waals surface area contributed by atoms with E-state index in [9.17, 15) is 13.2 Å². The average Bonchev–Trinajstić information content (AvgIpc) is 2.35. The highest BCUT2D eigenvalue weighted by atomic mass is 79.9. The Balaban J connectivity index is 2.56. The largest absolute Gasteiger partial charge is 0.490 e. The number of halogens is 4. The minimum atomic E-state index is -4.13. The van der Waals surface area contributed by atoms with Gasteiger partial charge in [-0.25, -0.2) is 0 Å². The zero-order valence-corrected chi connectivity index (χ0v) is 12.2. The fourth-order valence-corrected chi connectivity index (χ4v) is 1.83. The van der Waals surface area contributed by atoms with Gasteiger partial charge in [0.1, 0.15) is 0 Å². The first-order valence-corrected chi connectivity index (χ1v) is 7.09. The Morgan fingerprint density at radius 1 is 1.16 bits per heavy atom. The molecule has 0 spiro atoms. The van der Waals surface area contributed by atoms with Crippen molar-refractivity contribution < 1.29 is 22.6 Å². The van der Waals surface area contributed by atoms with Crippen molar-refractivity contribution in [2.45, 2.75) is 31.3 Å². The molecular formula is C13H16BrF3O2. The Morgan fingerprint density at radius 3 is 2.47 bits per heavy atom. The zero-order valence-electron chi connectivity index (χ0n) is 10.6. The van der Waals surface area contributed by atoms with Gasteiger partial charge in [-0.05, 0) is 31.0 Å². The van der Waals surface area contributed by atoms with E-state index in [2.05, 4.69) is 15.9 Å². The molecule has 0 aliphatic rings. The molecule has 0 saturated heterocycles. The van der Waals surface area contributed by atoms with Crippen LogP contribution in [0.5, 0.6) is 11.5 Å². The quantitative estimate of drug-likeness (QED) is 0.529.